The highest BCUT2D eigenvalue weighted by Crippen LogP contribution is 2.34. The first-order chi connectivity index (χ1) is 13.5. The number of methoxy groups -OCH3 is 2. The number of aromatic nitrogens is 1. The molecule has 3 aromatic rings. The Balaban J connectivity index is 1.95. The molecule has 0 saturated carbocycles. The summed E-state index contributed by atoms with van der Waals surface area (Å²) in [4.78, 5) is 15.0. The lowest BCUT2D eigenvalue weighted by atomic mass is 10.1. The number of thiazole rings is 1. The third-order valence-corrected chi connectivity index (χ3v) is 4.80. The van der Waals surface area contributed by atoms with Gasteiger partial charge in [0.25, 0.3) is 5.69 Å². The number of hydrogen-bond donors (Lipinski definition) is 0. The summed E-state index contributed by atoms with van der Waals surface area (Å²) >= 11 is 1.32. The van der Waals surface area contributed by atoms with Gasteiger partial charge in [-0.15, -0.1) is 11.3 Å². The maximum absolute atomic E-state index is 10.9. The first-order valence-electron chi connectivity index (χ1n) is 8.10. The zero-order valence-electron chi connectivity index (χ0n) is 15.1. The second-order valence-electron chi connectivity index (χ2n) is 5.63. The fraction of sp³-hybridized carbons (Fsp3) is 0.100. The normalized spacial score (nSPS) is 11.0. The molecule has 0 aliphatic heterocycles. The minimum absolute atomic E-state index is 0.0313. The van der Waals surface area contributed by atoms with Crippen LogP contribution in [0.4, 0.5) is 5.69 Å². The summed E-state index contributed by atoms with van der Waals surface area (Å²) in [5.74, 6) is 1.20. The molecule has 28 heavy (non-hydrogen) atoms. The van der Waals surface area contributed by atoms with E-state index in [0.29, 0.717) is 33.3 Å². The van der Waals surface area contributed by atoms with E-state index in [9.17, 15) is 15.4 Å². The lowest BCUT2D eigenvalue weighted by molar-refractivity contribution is -0.384. The molecule has 3 rings (SSSR count). The van der Waals surface area contributed by atoms with Crippen molar-refractivity contribution in [2.75, 3.05) is 14.2 Å². The highest BCUT2D eigenvalue weighted by molar-refractivity contribution is 7.11. The molecule has 7 nitrogen and oxygen atoms in total. The van der Waals surface area contributed by atoms with Crippen molar-refractivity contribution in [1.29, 1.82) is 5.26 Å². The third kappa shape index (κ3) is 4.00. The summed E-state index contributed by atoms with van der Waals surface area (Å²) in [5, 5.41) is 22.8. The van der Waals surface area contributed by atoms with Gasteiger partial charge in [-0.05, 0) is 29.8 Å². The van der Waals surface area contributed by atoms with Crippen molar-refractivity contribution in [3.8, 4) is 28.8 Å². The summed E-state index contributed by atoms with van der Waals surface area (Å²) < 4.78 is 10.6. The van der Waals surface area contributed by atoms with Crippen molar-refractivity contribution in [1.82, 2.24) is 4.98 Å². The van der Waals surface area contributed by atoms with E-state index in [2.05, 4.69) is 11.1 Å². The maximum Gasteiger partial charge on any atom is 0.270 e. The molecular formula is C20H15N3O4S. The predicted octanol–water partition coefficient (Wildman–Crippen LogP) is 4.80. The Hall–Kier alpha value is -3.70. The van der Waals surface area contributed by atoms with E-state index >= 15 is 0 Å². The first-order valence-corrected chi connectivity index (χ1v) is 8.98. The number of hydrogen-bond acceptors (Lipinski definition) is 7. The SMILES string of the molecule is COc1ccc(-c2csc(/C(C#N)=C\c3cccc([N+](=O)[O-])c3)n2)cc1OC. The van der Waals surface area contributed by atoms with Crippen LogP contribution in [-0.2, 0) is 0 Å². The van der Waals surface area contributed by atoms with Gasteiger partial charge in [0.15, 0.2) is 11.5 Å². The van der Waals surface area contributed by atoms with Gasteiger partial charge in [0.05, 0.1) is 30.4 Å². The number of benzene rings is 2. The summed E-state index contributed by atoms with van der Waals surface area (Å²) in [7, 11) is 3.13. The molecule has 0 saturated heterocycles. The number of allylic oxidation sites excluding steroid dienone is 1. The fourth-order valence-corrected chi connectivity index (χ4v) is 3.36. The van der Waals surface area contributed by atoms with Crippen molar-refractivity contribution in [3.63, 3.8) is 0 Å². The van der Waals surface area contributed by atoms with Gasteiger partial charge in [-0.3, -0.25) is 10.1 Å². The van der Waals surface area contributed by atoms with Crippen LogP contribution >= 0.6 is 11.3 Å². The Morgan fingerprint density at radius 3 is 2.68 bits per heavy atom. The number of nitro benzene ring substituents is 1. The summed E-state index contributed by atoms with van der Waals surface area (Å²) in [6, 6.07) is 13.7. The van der Waals surface area contributed by atoms with Gasteiger partial charge >= 0.3 is 0 Å². The molecule has 0 fully saturated rings. The van der Waals surface area contributed by atoms with E-state index in [1.807, 2.05) is 17.5 Å². The monoisotopic (exact) mass is 393 g/mol. The molecule has 0 radical (unpaired) electrons. The Morgan fingerprint density at radius 2 is 2.00 bits per heavy atom. The van der Waals surface area contributed by atoms with Crippen LogP contribution < -0.4 is 9.47 Å². The van der Waals surface area contributed by atoms with Gasteiger partial charge in [0.1, 0.15) is 11.1 Å². The molecule has 0 aliphatic carbocycles. The average Bonchev–Trinajstić information content (AvgIpc) is 3.21. The number of rotatable bonds is 6. The van der Waals surface area contributed by atoms with Crippen LogP contribution in [0.25, 0.3) is 22.9 Å². The minimum Gasteiger partial charge on any atom is -0.493 e. The van der Waals surface area contributed by atoms with Gasteiger partial charge in [0, 0.05) is 23.1 Å². The van der Waals surface area contributed by atoms with E-state index in [0.717, 1.165) is 5.56 Å². The van der Waals surface area contributed by atoms with E-state index in [4.69, 9.17) is 9.47 Å². The number of nitriles is 1. The van der Waals surface area contributed by atoms with E-state index < -0.39 is 4.92 Å². The van der Waals surface area contributed by atoms with E-state index in [1.165, 1.54) is 23.5 Å². The first kappa shape index (κ1) is 19.1. The van der Waals surface area contributed by atoms with Crippen molar-refractivity contribution >= 4 is 28.7 Å². The third-order valence-electron chi connectivity index (χ3n) is 3.93. The highest BCUT2D eigenvalue weighted by Gasteiger charge is 2.12. The topological polar surface area (TPSA) is 98.3 Å². The van der Waals surface area contributed by atoms with Crippen molar-refractivity contribution in [3.05, 3.63) is 68.5 Å². The van der Waals surface area contributed by atoms with Crippen LogP contribution in [0, 0.1) is 21.4 Å². The van der Waals surface area contributed by atoms with Crippen LogP contribution in [0.15, 0.2) is 47.8 Å². The van der Waals surface area contributed by atoms with Crippen LogP contribution in [0.5, 0.6) is 11.5 Å². The number of ether oxygens (including phenoxy) is 2. The zero-order valence-corrected chi connectivity index (χ0v) is 15.9. The second kappa shape index (κ2) is 8.33. The Kier molecular flexibility index (Phi) is 5.67. The summed E-state index contributed by atoms with van der Waals surface area (Å²) in [5.41, 5.74) is 2.39. The lowest BCUT2D eigenvalue weighted by Crippen LogP contribution is -1.91. The quantitative estimate of drug-likeness (QED) is 0.339. The molecule has 140 valence electrons. The molecule has 1 heterocycles. The van der Waals surface area contributed by atoms with E-state index in [-0.39, 0.29) is 5.69 Å². The lowest BCUT2D eigenvalue weighted by Gasteiger charge is -2.08. The molecular weight excluding hydrogens is 378 g/mol. The van der Waals surface area contributed by atoms with Crippen molar-refractivity contribution in [2.24, 2.45) is 0 Å². The second-order valence-corrected chi connectivity index (χ2v) is 6.49. The van der Waals surface area contributed by atoms with Gasteiger partial charge in [0.2, 0.25) is 0 Å². The Labute approximate surface area is 165 Å². The maximum atomic E-state index is 10.9. The Bertz CT molecular complexity index is 1100. The van der Waals surface area contributed by atoms with Crippen molar-refractivity contribution in [2.45, 2.75) is 0 Å². The van der Waals surface area contributed by atoms with Crippen LogP contribution in [-0.4, -0.2) is 24.1 Å². The number of non-ortho nitro benzene ring substituents is 1. The smallest absolute Gasteiger partial charge is 0.270 e. The molecule has 2 aromatic carbocycles. The molecule has 0 unspecified atom stereocenters. The number of nitrogens with zero attached hydrogens (tertiary/aromatic N) is 3. The summed E-state index contributed by atoms with van der Waals surface area (Å²) in [6.45, 7) is 0. The van der Waals surface area contributed by atoms with Gasteiger partial charge in [-0.2, -0.15) is 5.26 Å². The highest BCUT2D eigenvalue weighted by atomic mass is 32.1. The predicted molar refractivity (Wildman–Crippen MR) is 107 cm³/mol. The molecule has 0 amide bonds. The Morgan fingerprint density at radius 1 is 1.21 bits per heavy atom. The van der Waals surface area contributed by atoms with Crippen LogP contribution in [0.1, 0.15) is 10.6 Å². The zero-order chi connectivity index (χ0) is 20.1. The van der Waals surface area contributed by atoms with Gasteiger partial charge < -0.3 is 9.47 Å². The molecule has 1 aromatic heterocycles. The molecule has 0 spiro atoms. The molecule has 0 aliphatic rings. The largest absolute Gasteiger partial charge is 0.493 e. The number of nitro groups is 1. The fourth-order valence-electron chi connectivity index (χ4n) is 2.56. The standard InChI is InChI=1S/C20H15N3O4S/c1-26-18-7-6-14(10-19(18)27-2)17-12-28-20(22-17)15(11-21)8-13-4-3-5-16(9-13)23(24)25/h3-10,12H,1-2H3/b15-8-. The van der Waals surface area contributed by atoms with Crippen molar-refractivity contribution < 1.29 is 14.4 Å². The summed E-state index contributed by atoms with van der Waals surface area (Å²) in [6.07, 6.45) is 1.59. The minimum atomic E-state index is -0.470. The molecule has 0 atom stereocenters. The average molecular weight is 393 g/mol. The van der Waals surface area contributed by atoms with E-state index in [1.54, 1.807) is 38.5 Å². The van der Waals surface area contributed by atoms with Gasteiger partial charge in [-0.1, -0.05) is 12.1 Å². The van der Waals surface area contributed by atoms with Crippen LogP contribution in [0.3, 0.4) is 0 Å². The molecule has 0 N–H and O–H groups in total. The van der Waals surface area contributed by atoms with Gasteiger partial charge in [-0.25, -0.2) is 4.98 Å². The van der Waals surface area contributed by atoms with Crippen LogP contribution in [0.2, 0.25) is 0 Å². The molecule has 0 bridgehead atoms. The molecule has 8 heteroatoms.